The van der Waals surface area contributed by atoms with Gasteiger partial charge >= 0.3 is 12.0 Å². The van der Waals surface area contributed by atoms with Gasteiger partial charge < -0.3 is 28.8 Å². The SMILES string of the molecule is COc1ccc(C2(c3ccc(-c4nc(OC)nc(OC)n4)cc3)C=Cc3c4c(c5cc(O)c(OC)cc5c3O2)-c2ccccc2C4(C)C)cc1. The number of hydrogen-bond donors (Lipinski definition) is 1. The van der Waals surface area contributed by atoms with Gasteiger partial charge in [-0.1, -0.05) is 80.6 Å². The molecule has 8 rings (SSSR count). The lowest BCUT2D eigenvalue weighted by Crippen LogP contribution is -2.35. The molecule has 0 fully saturated rings. The van der Waals surface area contributed by atoms with Crippen molar-refractivity contribution < 1.29 is 28.8 Å². The maximum absolute atomic E-state index is 11.1. The number of phenols is 1. The molecule has 1 unspecified atom stereocenters. The standard InChI is InChI=1S/C41H35N3O6/c1-40(2)31-10-8-7-9-27(31)34-29-21-32(45)33(47-4)22-30(29)36-28(35(34)40)19-20-41(50-36,25-15-17-26(46-3)18-16-25)24-13-11-23(12-14-24)37-42-38(48-5)44-39(43-37)49-6/h7-22,45H,1-6H3. The summed E-state index contributed by atoms with van der Waals surface area (Å²) in [5, 5.41) is 12.8. The molecule has 9 heteroatoms. The molecule has 1 N–H and O–H groups in total. The number of fused-ring (bicyclic) bond motifs is 8. The van der Waals surface area contributed by atoms with Crippen LogP contribution in [0.1, 0.15) is 41.7 Å². The minimum absolute atomic E-state index is 0.0688. The first-order valence-electron chi connectivity index (χ1n) is 16.2. The summed E-state index contributed by atoms with van der Waals surface area (Å²) in [6.45, 7) is 4.49. The molecule has 1 aliphatic heterocycles. The molecular weight excluding hydrogens is 630 g/mol. The van der Waals surface area contributed by atoms with Gasteiger partial charge in [0.2, 0.25) is 0 Å². The molecule has 1 aromatic heterocycles. The van der Waals surface area contributed by atoms with E-state index in [2.05, 4.69) is 65.2 Å². The molecule has 2 heterocycles. The zero-order valence-electron chi connectivity index (χ0n) is 28.6. The van der Waals surface area contributed by atoms with Crippen LogP contribution in [0, 0.1) is 0 Å². The molecule has 5 aromatic carbocycles. The van der Waals surface area contributed by atoms with Crippen molar-refractivity contribution in [1.82, 2.24) is 15.0 Å². The van der Waals surface area contributed by atoms with Gasteiger partial charge in [0.05, 0.1) is 28.4 Å². The van der Waals surface area contributed by atoms with E-state index in [4.69, 9.17) is 23.7 Å². The van der Waals surface area contributed by atoms with Gasteiger partial charge in [-0.2, -0.15) is 9.97 Å². The quantitative estimate of drug-likeness (QED) is 0.181. The highest BCUT2D eigenvalue weighted by Gasteiger charge is 2.44. The Labute approximate surface area is 289 Å². The molecule has 0 radical (unpaired) electrons. The van der Waals surface area contributed by atoms with Gasteiger partial charge in [0.15, 0.2) is 22.9 Å². The van der Waals surface area contributed by atoms with Crippen molar-refractivity contribution in [2.24, 2.45) is 0 Å². The lowest BCUT2D eigenvalue weighted by molar-refractivity contribution is 0.163. The monoisotopic (exact) mass is 665 g/mol. The summed E-state index contributed by atoms with van der Waals surface area (Å²) in [4.78, 5) is 13.0. The first-order valence-corrected chi connectivity index (χ1v) is 16.2. The largest absolute Gasteiger partial charge is 0.504 e. The topological polar surface area (TPSA) is 105 Å². The van der Waals surface area contributed by atoms with Crippen LogP contribution in [0.15, 0.2) is 91.0 Å². The molecule has 2 aliphatic rings. The van der Waals surface area contributed by atoms with Crippen LogP contribution < -0.4 is 23.7 Å². The Morgan fingerprint density at radius 3 is 2.00 bits per heavy atom. The maximum Gasteiger partial charge on any atom is 0.322 e. The number of ether oxygens (including phenoxy) is 5. The van der Waals surface area contributed by atoms with E-state index in [1.54, 1.807) is 20.3 Å². The first-order chi connectivity index (χ1) is 24.2. The predicted octanol–water partition coefficient (Wildman–Crippen LogP) is 8.09. The molecule has 1 atom stereocenters. The van der Waals surface area contributed by atoms with Crippen LogP contribution in [-0.2, 0) is 11.0 Å². The number of methoxy groups -OCH3 is 4. The van der Waals surface area contributed by atoms with Gasteiger partial charge in [-0.15, -0.1) is 4.98 Å². The van der Waals surface area contributed by atoms with E-state index in [1.807, 2.05) is 54.6 Å². The van der Waals surface area contributed by atoms with Crippen molar-refractivity contribution >= 4 is 16.8 Å². The summed E-state index contributed by atoms with van der Waals surface area (Å²) in [6.07, 6.45) is 4.31. The number of nitrogens with zero attached hydrogens (tertiary/aromatic N) is 3. The predicted molar refractivity (Wildman–Crippen MR) is 192 cm³/mol. The smallest absolute Gasteiger partial charge is 0.322 e. The average molecular weight is 666 g/mol. The summed E-state index contributed by atoms with van der Waals surface area (Å²) in [5.41, 5.74) is 6.76. The van der Waals surface area contributed by atoms with E-state index in [0.717, 1.165) is 55.5 Å². The third kappa shape index (κ3) is 4.57. The highest BCUT2D eigenvalue weighted by Crippen LogP contribution is 2.59. The van der Waals surface area contributed by atoms with Crippen LogP contribution in [-0.4, -0.2) is 48.5 Å². The van der Waals surface area contributed by atoms with Crippen molar-refractivity contribution in [3.05, 3.63) is 119 Å². The van der Waals surface area contributed by atoms with Crippen molar-refractivity contribution in [3.63, 3.8) is 0 Å². The highest BCUT2D eigenvalue weighted by molar-refractivity contribution is 6.09. The van der Waals surface area contributed by atoms with Gasteiger partial charge in [0.25, 0.3) is 0 Å². The second-order valence-corrected chi connectivity index (χ2v) is 12.8. The minimum atomic E-state index is -1.05. The van der Waals surface area contributed by atoms with E-state index in [9.17, 15) is 5.11 Å². The van der Waals surface area contributed by atoms with E-state index in [1.165, 1.54) is 19.8 Å². The Morgan fingerprint density at radius 1 is 0.700 bits per heavy atom. The molecule has 0 bridgehead atoms. The van der Waals surface area contributed by atoms with Crippen LogP contribution in [0.3, 0.4) is 0 Å². The van der Waals surface area contributed by atoms with Gasteiger partial charge in [-0.05, 0) is 58.0 Å². The number of aromatic hydroxyl groups is 1. The summed E-state index contributed by atoms with van der Waals surface area (Å²) in [6, 6.07) is 28.3. The van der Waals surface area contributed by atoms with E-state index >= 15 is 0 Å². The Bertz CT molecular complexity index is 2310. The zero-order chi connectivity index (χ0) is 34.8. The minimum Gasteiger partial charge on any atom is -0.504 e. The molecule has 0 saturated carbocycles. The van der Waals surface area contributed by atoms with Crippen LogP contribution in [0.5, 0.6) is 35.0 Å². The lowest BCUT2D eigenvalue weighted by atomic mass is 9.76. The zero-order valence-corrected chi connectivity index (χ0v) is 28.6. The van der Waals surface area contributed by atoms with E-state index in [0.29, 0.717) is 17.3 Å². The molecule has 1 aliphatic carbocycles. The third-order valence-electron chi connectivity index (χ3n) is 9.89. The first kappa shape index (κ1) is 31.2. The number of hydrogen-bond acceptors (Lipinski definition) is 9. The van der Waals surface area contributed by atoms with Gasteiger partial charge in [-0.3, -0.25) is 0 Å². The Kier molecular flexibility index (Phi) is 7.18. The fourth-order valence-electron chi connectivity index (χ4n) is 7.46. The Hall–Kier alpha value is -6.09. The third-order valence-corrected chi connectivity index (χ3v) is 9.89. The summed E-state index contributed by atoms with van der Waals surface area (Å²) < 4.78 is 29.1. The molecular formula is C41H35N3O6. The Balaban J connectivity index is 1.37. The normalized spacial score (nSPS) is 16.6. The van der Waals surface area contributed by atoms with E-state index < -0.39 is 5.60 Å². The average Bonchev–Trinajstić information content (AvgIpc) is 3.40. The molecule has 6 aromatic rings. The van der Waals surface area contributed by atoms with Crippen LogP contribution in [0.25, 0.3) is 39.4 Å². The summed E-state index contributed by atoms with van der Waals surface area (Å²) in [5.74, 6) is 2.29. The second-order valence-electron chi connectivity index (χ2n) is 12.8. The molecule has 50 heavy (non-hydrogen) atoms. The van der Waals surface area contributed by atoms with Crippen LogP contribution in [0.2, 0.25) is 0 Å². The number of benzene rings is 5. The maximum atomic E-state index is 11.1. The van der Waals surface area contributed by atoms with Crippen molar-refractivity contribution in [3.8, 4) is 57.5 Å². The highest BCUT2D eigenvalue weighted by atomic mass is 16.5. The van der Waals surface area contributed by atoms with Gasteiger partial charge in [-0.25, -0.2) is 0 Å². The molecule has 9 nitrogen and oxygen atoms in total. The Morgan fingerprint density at radius 2 is 1.36 bits per heavy atom. The van der Waals surface area contributed by atoms with E-state index in [-0.39, 0.29) is 23.2 Å². The fourth-order valence-corrected chi connectivity index (χ4v) is 7.46. The second kappa shape index (κ2) is 11.5. The van der Waals surface area contributed by atoms with Gasteiger partial charge in [0, 0.05) is 33.1 Å². The summed E-state index contributed by atoms with van der Waals surface area (Å²) in [7, 11) is 6.21. The van der Waals surface area contributed by atoms with Crippen molar-refractivity contribution in [2.45, 2.75) is 24.9 Å². The fraction of sp³-hybridized carbons (Fsp3) is 0.195. The molecule has 0 spiro atoms. The molecule has 250 valence electrons. The number of rotatable bonds is 7. The van der Waals surface area contributed by atoms with Crippen LogP contribution in [0.4, 0.5) is 0 Å². The van der Waals surface area contributed by atoms with Gasteiger partial charge in [0.1, 0.15) is 11.5 Å². The number of phenolic OH excluding ortho intramolecular Hbond substituents is 1. The van der Waals surface area contributed by atoms with Crippen LogP contribution >= 0.6 is 0 Å². The van der Waals surface area contributed by atoms with Crippen molar-refractivity contribution in [2.75, 3.05) is 28.4 Å². The number of aromatic nitrogens is 3. The molecule has 0 saturated heterocycles. The molecule has 0 amide bonds. The lowest BCUT2D eigenvalue weighted by Gasteiger charge is -2.38. The summed E-state index contributed by atoms with van der Waals surface area (Å²) >= 11 is 0. The van der Waals surface area contributed by atoms with Crippen molar-refractivity contribution in [1.29, 1.82) is 0 Å².